The number of nitrogens with one attached hydrogen (secondary N) is 2. The van der Waals surface area contributed by atoms with E-state index in [1.165, 1.54) is 23.3 Å². The van der Waals surface area contributed by atoms with E-state index in [2.05, 4.69) is 10.6 Å². The van der Waals surface area contributed by atoms with Crippen LogP contribution in [0.1, 0.15) is 40.7 Å². The monoisotopic (exact) mass is 340 g/mol. The van der Waals surface area contributed by atoms with Crippen LogP contribution < -0.4 is 10.6 Å². The van der Waals surface area contributed by atoms with Gasteiger partial charge in [-0.15, -0.1) is 0 Å². The van der Waals surface area contributed by atoms with Gasteiger partial charge in [0.25, 0.3) is 5.91 Å². The van der Waals surface area contributed by atoms with Crippen molar-refractivity contribution in [3.8, 4) is 5.75 Å². The molecule has 2 amide bonds. The van der Waals surface area contributed by atoms with Crippen LogP contribution in [0.25, 0.3) is 0 Å². The summed E-state index contributed by atoms with van der Waals surface area (Å²) in [6.07, 6.45) is 0.413. The van der Waals surface area contributed by atoms with Gasteiger partial charge in [0.1, 0.15) is 5.75 Å². The number of phenolic OH excluding ortho intramolecular Hbond substituents is 1. The molecule has 0 saturated carbocycles. The molecule has 0 bridgehead atoms. The van der Waals surface area contributed by atoms with Gasteiger partial charge in [0.05, 0.1) is 0 Å². The van der Waals surface area contributed by atoms with Crippen molar-refractivity contribution in [2.75, 3.05) is 13.1 Å². The van der Waals surface area contributed by atoms with E-state index in [0.29, 0.717) is 25.1 Å². The zero-order valence-electron chi connectivity index (χ0n) is 14.6. The van der Waals surface area contributed by atoms with Gasteiger partial charge in [-0.25, -0.2) is 0 Å². The van der Waals surface area contributed by atoms with Crippen LogP contribution in [-0.2, 0) is 4.79 Å². The summed E-state index contributed by atoms with van der Waals surface area (Å²) >= 11 is 0. The van der Waals surface area contributed by atoms with Gasteiger partial charge in [0.2, 0.25) is 5.91 Å². The molecule has 0 aliphatic carbocycles. The summed E-state index contributed by atoms with van der Waals surface area (Å²) in [4.78, 5) is 23.9. The van der Waals surface area contributed by atoms with Crippen LogP contribution >= 0.6 is 0 Å². The SMILES string of the molecule is Cc1ccccc1C(C)CC(=O)NCCNC(=O)c1ccc(O)cc1. The Morgan fingerprint density at radius 2 is 1.64 bits per heavy atom. The molecular weight excluding hydrogens is 316 g/mol. The Bertz CT molecular complexity index is 726. The van der Waals surface area contributed by atoms with Crippen molar-refractivity contribution < 1.29 is 14.7 Å². The summed E-state index contributed by atoms with van der Waals surface area (Å²) in [7, 11) is 0. The van der Waals surface area contributed by atoms with Crippen molar-refractivity contribution in [2.24, 2.45) is 0 Å². The predicted molar refractivity (Wildman–Crippen MR) is 97.7 cm³/mol. The van der Waals surface area contributed by atoms with Gasteiger partial charge in [-0.2, -0.15) is 0 Å². The van der Waals surface area contributed by atoms with E-state index >= 15 is 0 Å². The van der Waals surface area contributed by atoms with Crippen LogP contribution in [0.15, 0.2) is 48.5 Å². The maximum Gasteiger partial charge on any atom is 0.251 e. The van der Waals surface area contributed by atoms with Crippen molar-refractivity contribution in [3.05, 3.63) is 65.2 Å². The third-order valence-electron chi connectivity index (χ3n) is 4.07. The average Bonchev–Trinajstić information content (AvgIpc) is 2.59. The number of phenols is 1. The second kappa shape index (κ2) is 8.87. The normalized spacial score (nSPS) is 11.6. The number of aromatic hydroxyl groups is 1. The van der Waals surface area contributed by atoms with E-state index in [-0.39, 0.29) is 23.5 Å². The summed E-state index contributed by atoms with van der Waals surface area (Å²) < 4.78 is 0. The molecule has 0 spiro atoms. The van der Waals surface area contributed by atoms with E-state index in [4.69, 9.17) is 0 Å². The van der Waals surface area contributed by atoms with Crippen molar-refractivity contribution in [2.45, 2.75) is 26.2 Å². The maximum atomic E-state index is 12.0. The summed E-state index contributed by atoms with van der Waals surface area (Å²) in [5.41, 5.74) is 2.83. The van der Waals surface area contributed by atoms with E-state index in [0.717, 1.165) is 0 Å². The van der Waals surface area contributed by atoms with Gasteiger partial charge in [0.15, 0.2) is 0 Å². The fourth-order valence-corrected chi connectivity index (χ4v) is 2.69. The highest BCUT2D eigenvalue weighted by Gasteiger charge is 2.12. The molecule has 0 aliphatic rings. The Morgan fingerprint density at radius 3 is 2.32 bits per heavy atom. The van der Waals surface area contributed by atoms with Crippen molar-refractivity contribution >= 4 is 11.8 Å². The third kappa shape index (κ3) is 5.64. The summed E-state index contributed by atoms with van der Waals surface area (Å²) in [5.74, 6) is -0.00321. The number of amides is 2. The zero-order chi connectivity index (χ0) is 18.2. The molecular formula is C20H24N2O3. The standard InChI is InChI=1S/C20H24N2O3/c1-14-5-3-4-6-18(14)15(2)13-19(24)21-11-12-22-20(25)16-7-9-17(23)10-8-16/h3-10,15,23H,11-13H2,1-2H3,(H,21,24)(H,22,25). The third-order valence-corrected chi connectivity index (χ3v) is 4.07. The fraction of sp³-hybridized carbons (Fsp3) is 0.300. The van der Waals surface area contributed by atoms with E-state index in [1.807, 2.05) is 38.1 Å². The molecule has 2 aromatic carbocycles. The second-order valence-electron chi connectivity index (χ2n) is 6.11. The molecule has 2 rings (SSSR count). The molecule has 3 N–H and O–H groups in total. The van der Waals surface area contributed by atoms with Gasteiger partial charge in [0, 0.05) is 25.1 Å². The highest BCUT2D eigenvalue weighted by Crippen LogP contribution is 2.22. The lowest BCUT2D eigenvalue weighted by Crippen LogP contribution is -2.35. The molecule has 0 aromatic heterocycles. The molecule has 132 valence electrons. The Kier molecular flexibility index (Phi) is 6.57. The predicted octanol–water partition coefficient (Wildman–Crippen LogP) is 2.74. The Balaban J connectivity index is 1.71. The van der Waals surface area contributed by atoms with Gasteiger partial charge in [-0.3, -0.25) is 9.59 Å². The molecule has 0 heterocycles. The number of carbonyl (C=O) groups is 2. The van der Waals surface area contributed by atoms with E-state index < -0.39 is 0 Å². The summed E-state index contributed by atoms with van der Waals surface area (Å²) in [5, 5.41) is 14.8. The minimum absolute atomic E-state index is 0.0327. The molecule has 0 fully saturated rings. The van der Waals surface area contributed by atoms with Crippen LogP contribution in [0.4, 0.5) is 0 Å². The lowest BCUT2D eigenvalue weighted by atomic mass is 9.93. The number of hydrogen-bond donors (Lipinski definition) is 3. The first-order valence-electron chi connectivity index (χ1n) is 8.37. The number of benzene rings is 2. The van der Waals surface area contributed by atoms with Crippen molar-refractivity contribution in [1.82, 2.24) is 10.6 Å². The zero-order valence-corrected chi connectivity index (χ0v) is 14.6. The summed E-state index contributed by atoms with van der Waals surface area (Å²) in [6.45, 7) is 4.81. The minimum Gasteiger partial charge on any atom is -0.508 e. The largest absolute Gasteiger partial charge is 0.508 e. The number of rotatable bonds is 7. The molecule has 5 heteroatoms. The first-order valence-corrected chi connectivity index (χ1v) is 8.37. The van der Waals surface area contributed by atoms with Crippen LogP contribution in [0.2, 0.25) is 0 Å². The van der Waals surface area contributed by atoms with Crippen molar-refractivity contribution in [3.63, 3.8) is 0 Å². The van der Waals surface area contributed by atoms with Gasteiger partial charge < -0.3 is 15.7 Å². The first kappa shape index (κ1) is 18.5. The molecule has 1 atom stereocenters. The van der Waals surface area contributed by atoms with Crippen LogP contribution in [0.5, 0.6) is 5.75 Å². The molecule has 2 aromatic rings. The second-order valence-corrected chi connectivity index (χ2v) is 6.11. The Morgan fingerprint density at radius 1 is 1.00 bits per heavy atom. The van der Waals surface area contributed by atoms with Crippen molar-refractivity contribution in [1.29, 1.82) is 0 Å². The topological polar surface area (TPSA) is 78.4 Å². The van der Waals surface area contributed by atoms with Gasteiger partial charge in [-0.05, 0) is 48.2 Å². The van der Waals surface area contributed by atoms with Crippen LogP contribution in [0.3, 0.4) is 0 Å². The van der Waals surface area contributed by atoms with Crippen LogP contribution in [-0.4, -0.2) is 30.0 Å². The highest BCUT2D eigenvalue weighted by molar-refractivity contribution is 5.94. The number of hydrogen-bond acceptors (Lipinski definition) is 3. The fourth-order valence-electron chi connectivity index (χ4n) is 2.69. The van der Waals surface area contributed by atoms with Crippen LogP contribution in [0, 0.1) is 6.92 Å². The maximum absolute atomic E-state index is 12.0. The minimum atomic E-state index is -0.234. The van der Waals surface area contributed by atoms with E-state index in [9.17, 15) is 14.7 Å². The molecule has 25 heavy (non-hydrogen) atoms. The average molecular weight is 340 g/mol. The first-order chi connectivity index (χ1) is 12.0. The highest BCUT2D eigenvalue weighted by atomic mass is 16.3. The van der Waals surface area contributed by atoms with Gasteiger partial charge in [-0.1, -0.05) is 31.2 Å². The number of carbonyl (C=O) groups excluding carboxylic acids is 2. The Hall–Kier alpha value is -2.82. The molecule has 0 aliphatic heterocycles. The van der Waals surface area contributed by atoms with E-state index in [1.54, 1.807) is 12.1 Å². The molecule has 1 unspecified atom stereocenters. The summed E-state index contributed by atoms with van der Waals surface area (Å²) in [6, 6.07) is 14.1. The quantitative estimate of drug-likeness (QED) is 0.678. The van der Waals surface area contributed by atoms with Gasteiger partial charge >= 0.3 is 0 Å². The Labute approximate surface area is 148 Å². The lowest BCUT2D eigenvalue weighted by molar-refractivity contribution is -0.121. The lowest BCUT2D eigenvalue weighted by Gasteiger charge is -2.14. The smallest absolute Gasteiger partial charge is 0.251 e. The molecule has 5 nitrogen and oxygen atoms in total. The molecule has 0 radical (unpaired) electrons. The number of aryl methyl sites for hydroxylation is 1. The molecule has 0 saturated heterocycles.